The maximum absolute atomic E-state index is 12.3. The molecule has 2 aromatic carbocycles. The van der Waals surface area contributed by atoms with Gasteiger partial charge < -0.3 is 9.64 Å². The third-order valence-electron chi connectivity index (χ3n) is 5.11. The van der Waals surface area contributed by atoms with Crippen LogP contribution in [0.2, 0.25) is 0 Å². The van der Waals surface area contributed by atoms with Gasteiger partial charge in [0, 0.05) is 23.2 Å². The molecule has 0 bridgehead atoms. The van der Waals surface area contributed by atoms with Crippen LogP contribution in [0.15, 0.2) is 59.6 Å². The number of benzene rings is 2. The average molecular weight is 478 g/mol. The van der Waals surface area contributed by atoms with Gasteiger partial charge in [-0.3, -0.25) is 4.99 Å². The van der Waals surface area contributed by atoms with Gasteiger partial charge in [0.1, 0.15) is 10.8 Å². The second-order valence-corrected chi connectivity index (χ2v) is 9.57. The van der Waals surface area contributed by atoms with Crippen molar-refractivity contribution in [3.63, 3.8) is 0 Å². The molecular formula is C24H23F3N2OS2. The summed E-state index contributed by atoms with van der Waals surface area (Å²) in [7, 11) is 0. The topological polar surface area (TPSA) is 24.8 Å². The molecule has 0 spiro atoms. The molecule has 1 aromatic heterocycles. The first kappa shape index (κ1) is 21.4. The summed E-state index contributed by atoms with van der Waals surface area (Å²) < 4.78 is 49.1. The maximum Gasteiger partial charge on any atom is 0.573 e. The number of halogens is 3. The van der Waals surface area contributed by atoms with Crippen LogP contribution < -0.4 is 9.64 Å². The maximum atomic E-state index is 12.3. The van der Waals surface area contributed by atoms with Crippen molar-refractivity contribution in [2.45, 2.75) is 31.6 Å². The summed E-state index contributed by atoms with van der Waals surface area (Å²) in [6.07, 6.45) is -0.474. The molecule has 168 valence electrons. The first-order chi connectivity index (χ1) is 15.7. The third kappa shape index (κ3) is 5.48. The number of aryl methyl sites for hydroxylation is 2. The Morgan fingerprint density at radius 3 is 2.41 bits per heavy atom. The summed E-state index contributed by atoms with van der Waals surface area (Å²) in [5.41, 5.74) is 3.80. The Balaban J connectivity index is 1.37. The van der Waals surface area contributed by atoms with Crippen LogP contribution in [0.25, 0.3) is 11.1 Å². The first-order valence-electron chi connectivity index (χ1n) is 10.6. The fourth-order valence-electron chi connectivity index (χ4n) is 3.65. The smallest absolute Gasteiger partial charge is 0.406 e. The van der Waals surface area contributed by atoms with Crippen LogP contribution in [0.3, 0.4) is 0 Å². The number of thiophene rings is 1. The van der Waals surface area contributed by atoms with E-state index >= 15 is 0 Å². The SMILES string of the molecule is [2H]C1=NC(SC)N(CCCc2ccc(-c3ccc(OC(F)(F)F)cc3)cc2)c2sc(C)cc21. The van der Waals surface area contributed by atoms with Gasteiger partial charge in [-0.15, -0.1) is 36.3 Å². The van der Waals surface area contributed by atoms with Crippen LogP contribution >= 0.6 is 23.1 Å². The molecule has 8 heteroatoms. The zero-order valence-electron chi connectivity index (χ0n) is 18.6. The fraction of sp³-hybridized carbons (Fsp3) is 0.292. The molecule has 3 aromatic rings. The average Bonchev–Trinajstić information content (AvgIpc) is 3.17. The largest absolute Gasteiger partial charge is 0.573 e. The van der Waals surface area contributed by atoms with Gasteiger partial charge >= 0.3 is 6.36 Å². The molecule has 0 saturated heterocycles. The third-order valence-corrected chi connectivity index (χ3v) is 6.98. The molecule has 2 heterocycles. The Bertz CT molecular complexity index is 1130. The number of ether oxygens (including phenoxy) is 1. The molecule has 0 aliphatic carbocycles. The van der Waals surface area contributed by atoms with Gasteiger partial charge in [0.15, 0.2) is 5.50 Å². The summed E-state index contributed by atoms with van der Waals surface area (Å²) in [5.74, 6) is -0.227. The monoisotopic (exact) mass is 477 g/mol. The summed E-state index contributed by atoms with van der Waals surface area (Å²) in [5, 5.41) is 1.13. The van der Waals surface area contributed by atoms with Crippen LogP contribution in [-0.2, 0) is 6.42 Å². The molecule has 1 aliphatic heterocycles. The highest BCUT2D eigenvalue weighted by Gasteiger charge is 2.31. The Hall–Kier alpha value is -2.45. The van der Waals surface area contributed by atoms with E-state index in [1.807, 2.05) is 24.5 Å². The fourth-order valence-corrected chi connectivity index (χ4v) is 5.34. The molecule has 1 atom stereocenters. The predicted octanol–water partition coefficient (Wildman–Crippen LogP) is 7.14. The number of alkyl halides is 3. The van der Waals surface area contributed by atoms with Crippen LogP contribution in [0.4, 0.5) is 18.2 Å². The van der Waals surface area contributed by atoms with E-state index in [4.69, 9.17) is 1.37 Å². The van der Waals surface area contributed by atoms with Crippen LogP contribution in [0, 0.1) is 6.92 Å². The van der Waals surface area contributed by atoms with Crippen molar-refractivity contribution in [3.8, 4) is 16.9 Å². The molecule has 1 aliphatic rings. The molecule has 32 heavy (non-hydrogen) atoms. The zero-order chi connectivity index (χ0) is 23.6. The van der Waals surface area contributed by atoms with Gasteiger partial charge in [-0.05, 0) is 60.9 Å². The van der Waals surface area contributed by atoms with Crippen molar-refractivity contribution in [2.75, 3.05) is 17.7 Å². The van der Waals surface area contributed by atoms with Crippen molar-refractivity contribution in [1.29, 1.82) is 0 Å². The number of aliphatic imine (C=N–C) groups is 1. The standard InChI is InChI=1S/C24H23F3N2OS2/c1-16-14-20-15-28-23(31-2)29(22(20)32-16)13-3-4-17-5-7-18(8-6-17)19-9-11-21(12-10-19)30-24(25,26)27/h5-12,14-15,23H,3-4,13H2,1-2H3/i15D. The van der Waals surface area contributed by atoms with Gasteiger partial charge in [0.2, 0.25) is 0 Å². The number of thioether (sulfide) groups is 1. The van der Waals surface area contributed by atoms with Crippen molar-refractivity contribution < 1.29 is 19.3 Å². The van der Waals surface area contributed by atoms with Gasteiger partial charge in [0.25, 0.3) is 0 Å². The quantitative estimate of drug-likeness (QED) is 0.362. The molecule has 0 saturated carbocycles. The minimum absolute atomic E-state index is 0.0743. The molecule has 0 amide bonds. The zero-order valence-corrected chi connectivity index (χ0v) is 19.3. The van der Waals surface area contributed by atoms with Crippen molar-refractivity contribution in [1.82, 2.24) is 0 Å². The Kier molecular flexibility index (Phi) is 6.41. The number of hydrogen-bond acceptors (Lipinski definition) is 5. The van der Waals surface area contributed by atoms with Crippen LogP contribution in [0.1, 0.15) is 23.8 Å². The van der Waals surface area contributed by atoms with Crippen LogP contribution in [-0.4, -0.2) is 30.9 Å². The van der Waals surface area contributed by atoms with Gasteiger partial charge in [-0.2, -0.15) is 0 Å². The van der Waals surface area contributed by atoms with E-state index in [0.29, 0.717) is 6.19 Å². The van der Waals surface area contributed by atoms with E-state index in [1.54, 1.807) is 35.2 Å². The number of fused-ring (bicyclic) bond motifs is 1. The van der Waals surface area contributed by atoms with E-state index in [-0.39, 0.29) is 11.2 Å². The second-order valence-electron chi connectivity index (χ2n) is 7.44. The molecule has 1 unspecified atom stereocenters. The first-order valence-corrected chi connectivity index (χ1v) is 12.2. The Morgan fingerprint density at radius 1 is 1.12 bits per heavy atom. The summed E-state index contributed by atoms with van der Waals surface area (Å²) >= 11 is 3.35. The molecular weight excluding hydrogens is 453 g/mol. The minimum atomic E-state index is -4.69. The van der Waals surface area contributed by atoms with E-state index in [0.717, 1.165) is 41.1 Å². The molecule has 3 nitrogen and oxygen atoms in total. The van der Waals surface area contributed by atoms with E-state index in [1.165, 1.54) is 22.6 Å². The highest BCUT2D eigenvalue weighted by atomic mass is 32.2. The Labute approximate surface area is 195 Å². The Morgan fingerprint density at radius 2 is 1.78 bits per heavy atom. The normalized spacial score (nSPS) is 16.4. The lowest BCUT2D eigenvalue weighted by Gasteiger charge is -2.31. The number of rotatable bonds is 7. The second kappa shape index (κ2) is 9.58. The van der Waals surface area contributed by atoms with Crippen LogP contribution in [0.5, 0.6) is 5.75 Å². The lowest BCUT2D eigenvalue weighted by atomic mass is 10.0. The molecule has 0 fully saturated rings. The molecule has 4 rings (SSSR count). The molecule has 0 N–H and O–H groups in total. The van der Waals surface area contributed by atoms with Crippen molar-refractivity contribution in [3.05, 3.63) is 70.6 Å². The van der Waals surface area contributed by atoms with E-state index in [9.17, 15) is 13.2 Å². The number of anilines is 1. The number of hydrogen-bond donors (Lipinski definition) is 0. The van der Waals surface area contributed by atoms with Gasteiger partial charge in [-0.1, -0.05) is 36.4 Å². The molecule has 0 radical (unpaired) electrons. The lowest BCUT2D eigenvalue weighted by molar-refractivity contribution is -0.274. The van der Waals surface area contributed by atoms with Gasteiger partial charge in [-0.25, -0.2) is 0 Å². The lowest BCUT2D eigenvalue weighted by Crippen LogP contribution is -2.34. The summed E-state index contributed by atoms with van der Waals surface area (Å²) in [6, 6.07) is 16.0. The highest BCUT2D eigenvalue weighted by Crippen LogP contribution is 2.37. The van der Waals surface area contributed by atoms with E-state index in [2.05, 4.69) is 33.7 Å². The number of nitrogens with zero attached hydrogens (tertiary/aromatic N) is 2. The minimum Gasteiger partial charge on any atom is -0.406 e. The highest BCUT2D eigenvalue weighted by molar-refractivity contribution is 7.99. The predicted molar refractivity (Wildman–Crippen MR) is 128 cm³/mol. The van der Waals surface area contributed by atoms with Crippen molar-refractivity contribution in [2.24, 2.45) is 4.99 Å². The summed E-state index contributed by atoms with van der Waals surface area (Å²) in [6.45, 7) is 2.90. The van der Waals surface area contributed by atoms with Crippen molar-refractivity contribution >= 4 is 34.3 Å². The van der Waals surface area contributed by atoms with Gasteiger partial charge in [0.05, 0.1) is 1.37 Å². The van der Waals surface area contributed by atoms with E-state index < -0.39 is 6.36 Å². The summed E-state index contributed by atoms with van der Waals surface area (Å²) in [4.78, 5) is 8.01.